The lowest BCUT2D eigenvalue weighted by molar-refractivity contribution is -0.0807. The van der Waals surface area contributed by atoms with Gasteiger partial charge in [-0.25, -0.2) is 4.39 Å². The van der Waals surface area contributed by atoms with Gasteiger partial charge in [0, 0.05) is 19.6 Å². The maximum atomic E-state index is 13.1. The second-order valence-electron chi connectivity index (χ2n) is 10.1. The Labute approximate surface area is 173 Å². The summed E-state index contributed by atoms with van der Waals surface area (Å²) < 4.78 is 24.4. The van der Waals surface area contributed by atoms with Crippen LogP contribution in [-0.2, 0) is 4.74 Å². The van der Waals surface area contributed by atoms with Crippen molar-refractivity contribution in [2.45, 2.75) is 57.7 Å². The van der Waals surface area contributed by atoms with Gasteiger partial charge in [-0.1, -0.05) is 20.8 Å². The average Bonchev–Trinajstić information content (AvgIpc) is 2.82. The Balaban J connectivity index is 1.56. The molecule has 0 aromatic heterocycles. The van der Waals surface area contributed by atoms with E-state index in [1.165, 1.54) is 12.1 Å². The summed E-state index contributed by atoms with van der Waals surface area (Å²) in [4.78, 5) is 2.10. The van der Waals surface area contributed by atoms with Crippen molar-refractivity contribution in [3.63, 3.8) is 0 Å². The third-order valence-corrected chi connectivity index (χ3v) is 6.42. The number of β-amino-alcohol motifs (C(OH)–C–C–N with tert-alkyl or cyclic N) is 2. The quantitative estimate of drug-likeness (QED) is 0.782. The first-order valence-corrected chi connectivity index (χ1v) is 10.7. The molecule has 29 heavy (non-hydrogen) atoms. The van der Waals surface area contributed by atoms with Gasteiger partial charge in [0.05, 0.1) is 18.8 Å². The molecule has 0 spiro atoms. The topological polar surface area (TPSA) is 62.2 Å². The van der Waals surface area contributed by atoms with E-state index in [1.54, 1.807) is 12.1 Å². The molecular weight excluding hydrogens is 373 g/mol. The molecule has 3 rings (SSSR count). The van der Waals surface area contributed by atoms with Crippen LogP contribution in [0.3, 0.4) is 0 Å². The van der Waals surface area contributed by atoms with Crippen molar-refractivity contribution in [1.29, 1.82) is 0 Å². The highest BCUT2D eigenvalue weighted by Crippen LogP contribution is 2.41. The minimum atomic E-state index is -1.18. The van der Waals surface area contributed by atoms with Crippen molar-refractivity contribution in [1.82, 2.24) is 4.90 Å². The smallest absolute Gasteiger partial charge is 0.134 e. The van der Waals surface area contributed by atoms with Crippen molar-refractivity contribution in [3.05, 3.63) is 30.1 Å². The van der Waals surface area contributed by atoms with E-state index in [2.05, 4.69) is 25.7 Å². The van der Waals surface area contributed by atoms with Gasteiger partial charge in [-0.2, -0.15) is 0 Å². The van der Waals surface area contributed by atoms with Crippen molar-refractivity contribution >= 4 is 0 Å². The van der Waals surface area contributed by atoms with Crippen LogP contribution in [0.2, 0.25) is 0 Å². The van der Waals surface area contributed by atoms with Crippen LogP contribution in [0.15, 0.2) is 24.3 Å². The van der Waals surface area contributed by atoms with E-state index < -0.39 is 11.2 Å². The Morgan fingerprint density at radius 1 is 1.14 bits per heavy atom. The van der Waals surface area contributed by atoms with Gasteiger partial charge >= 0.3 is 0 Å². The normalized spacial score (nSPS) is 32.0. The molecule has 5 nitrogen and oxygen atoms in total. The Kier molecular flexibility index (Phi) is 6.88. The number of hydrogen-bond donors (Lipinski definition) is 2. The van der Waals surface area contributed by atoms with E-state index in [9.17, 15) is 14.6 Å². The number of ether oxygens (including phenoxy) is 2. The predicted molar refractivity (Wildman–Crippen MR) is 110 cm³/mol. The predicted octanol–water partition coefficient (Wildman–Crippen LogP) is 3.24. The number of benzene rings is 1. The second-order valence-corrected chi connectivity index (χ2v) is 10.1. The van der Waals surface area contributed by atoms with Gasteiger partial charge in [-0.3, -0.25) is 4.90 Å². The summed E-state index contributed by atoms with van der Waals surface area (Å²) in [5, 5.41) is 22.2. The first-order chi connectivity index (χ1) is 13.6. The second kappa shape index (κ2) is 8.88. The van der Waals surface area contributed by atoms with Gasteiger partial charge in [-0.05, 0) is 61.3 Å². The minimum absolute atomic E-state index is 0.0552. The molecule has 1 aliphatic carbocycles. The highest BCUT2D eigenvalue weighted by molar-refractivity contribution is 5.22. The molecule has 2 N–H and O–H groups in total. The molecule has 6 heteroatoms. The summed E-state index contributed by atoms with van der Waals surface area (Å²) in [5.74, 6) is 0.820. The Morgan fingerprint density at radius 3 is 2.41 bits per heavy atom. The largest absolute Gasteiger partial charge is 0.490 e. The van der Waals surface area contributed by atoms with Crippen LogP contribution in [-0.4, -0.2) is 65.8 Å². The van der Waals surface area contributed by atoms with Crippen LogP contribution < -0.4 is 4.74 Å². The molecule has 1 aromatic rings. The number of nitrogens with zero attached hydrogens (tertiary/aromatic N) is 1. The van der Waals surface area contributed by atoms with Gasteiger partial charge < -0.3 is 19.7 Å². The summed E-state index contributed by atoms with van der Waals surface area (Å²) in [6.07, 6.45) is 3.64. The van der Waals surface area contributed by atoms with Crippen molar-refractivity contribution in [2.75, 3.05) is 39.5 Å². The summed E-state index contributed by atoms with van der Waals surface area (Å²) >= 11 is 0. The van der Waals surface area contributed by atoms with Crippen molar-refractivity contribution in [3.8, 4) is 5.75 Å². The van der Waals surface area contributed by atoms with Gasteiger partial charge in [-0.15, -0.1) is 0 Å². The average molecular weight is 410 g/mol. The molecule has 1 saturated carbocycles. The van der Waals surface area contributed by atoms with Crippen molar-refractivity contribution in [2.24, 2.45) is 11.3 Å². The van der Waals surface area contributed by atoms with Crippen LogP contribution in [0.1, 0.15) is 46.5 Å². The fourth-order valence-corrected chi connectivity index (χ4v) is 4.56. The maximum absolute atomic E-state index is 13.1. The zero-order valence-electron chi connectivity index (χ0n) is 18.0. The molecule has 1 heterocycles. The van der Waals surface area contributed by atoms with Crippen LogP contribution in [0, 0.1) is 17.2 Å². The lowest BCUT2D eigenvalue weighted by Gasteiger charge is -2.43. The third-order valence-electron chi connectivity index (χ3n) is 6.42. The van der Waals surface area contributed by atoms with Crippen LogP contribution in [0.25, 0.3) is 0 Å². The van der Waals surface area contributed by atoms with Gasteiger partial charge in [0.1, 0.15) is 23.8 Å². The van der Waals surface area contributed by atoms with Gasteiger partial charge in [0.2, 0.25) is 0 Å². The number of rotatable bonds is 5. The lowest BCUT2D eigenvalue weighted by atomic mass is 9.68. The molecule has 1 atom stereocenters. The number of aliphatic hydroxyl groups is 2. The third kappa shape index (κ3) is 6.38. The maximum Gasteiger partial charge on any atom is 0.134 e. The molecule has 0 bridgehead atoms. The lowest BCUT2D eigenvalue weighted by Crippen LogP contribution is -2.53. The molecule has 0 amide bonds. The van der Waals surface area contributed by atoms with E-state index in [4.69, 9.17) is 9.47 Å². The van der Waals surface area contributed by atoms with E-state index in [-0.39, 0.29) is 24.4 Å². The fraction of sp³-hybridized carbons (Fsp3) is 0.739. The van der Waals surface area contributed by atoms with Gasteiger partial charge in [0.15, 0.2) is 0 Å². The Bertz CT molecular complexity index is 652. The molecule has 2 fully saturated rings. The molecule has 164 valence electrons. The standard InChI is InChI=1S/C23H36FNO4/c1-21(2,3)18-8-10-22(26,11-9-18)14-25-12-13-28-16-23(27,15-25)17-29-20-6-4-19(24)5-7-20/h4-7,18,26-27H,8-17H2,1-3H3. The van der Waals surface area contributed by atoms with Gasteiger partial charge in [0.25, 0.3) is 0 Å². The van der Waals surface area contributed by atoms with Crippen LogP contribution in [0.5, 0.6) is 5.75 Å². The van der Waals surface area contributed by atoms with Crippen LogP contribution >= 0.6 is 0 Å². The Morgan fingerprint density at radius 2 is 1.79 bits per heavy atom. The Hall–Kier alpha value is -1.21. The minimum Gasteiger partial charge on any atom is -0.490 e. The highest BCUT2D eigenvalue weighted by Gasteiger charge is 2.41. The fourth-order valence-electron chi connectivity index (χ4n) is 4.56. The zero-order chi connectivity index (χ0) is 21.1. The highest BCUT2D eigenvalue weighted by atomic mass is 19.1. The SMILES string of the molecule is CC(C)(C)C1CCC(O)(CN2CCOCC(O)(COc3ccc(F)cc3)C2)CC1. The summed E-state index contributed by atoms with van der Waals surface area (Å²) in [6, 6.07) is 5.76. The molecule has 1 unspecified atom stereocenters. The van der Waals surface area contributed by atoms with E-state index in [0.717, 1.165) is 25.7 Å². The first kappa shape index (κ1) is 22.5. The summed E-state index contributed by atoms with van der Waals surface area (Å²) in [7, 11) is 0. The van der Waals surface area contributed by atoms with Crippen LogP contribution in [0.4, 0.5) is 4.39 Å². The number of hydrogen-bond acceptors (Lipinski definition) is 5. The van der Waals surface area contributed by atoms with E-state index >= 15 is 0 Å². The molecule has 0 radical (unpaired) electrons. The monoisotopic (exact) mass is 409 g/mol. The summed E-state index contributed by atoms with van der Waals surface area (Å²) in [5.41, 5.74) is -1.62. The van der Waals surface area contributed by atoms with E-state index in [1.807, 2.05) is 0 Å². The van der Waals surface area contributed by atoms with E-state index in [0.29, 0.717) is 37.9 Å². The van der Waals surface area contributed by atoms with Crippen molar-refractivity contribution < 1.29 is 24.1 Å². The molecular formula is C23H36FNO4. The molecule has 1 aromatic carbocycles. The zero-order valence-corrected chi connectivity index (χ0v) is 18.0. The molecule has 1 saturated heterocycles. The number of halogens is 1. The molecule has 1 aliphatic heterocycles. The molecule has 2 aliphatic rings. The first-order valence-electron chi connectivity index (χ1n) is 10.7. The summed E-state index contributed by atoms with van der Waals surface area (Å²) in [6.45, 7) is 9.14.